The maximum absolute atomic E-state index is 5.68. The van der Waals surface area contributed by atoms with Gasteiger partial charge in [-0.3, -0.25) is 4.57 Å². The lowest BCUT2D eigenvalue weighted by Crippen LogP contribution is -2.15. The number of rotatable bonds is 2. The summed E-state index contributed by atoms with van der Waals surface area (Å²) in [6.07, 6.45) is 0. The summed E-state index contributed by atoms with van der Waals surface area (Å²) in [6.45, 7) is 4.70. The largest absolute Gasteiger partial charge is 0.292 e. The highest BCUT2D eigenvalue weighted by atomic mass is 32.1. The van der Waals surface area contributed by atoms with Crippen molar-refractivity contribution in [3.8, 4) is 28.2 Å². The molecule has 0 N–H and O–H groups in total. The van der Waals surface area contributed by atoms with Crippen LogP contribution in [0.15, 0.2) is 152 Å². The van der Waals surface area contributed by atoms with Crippen molar-refractivity contribution >= 4 is 96.7 Å². The van der Waals surface area contributed by atoms with Crippen LogP contribution in [-0.2, 0) is 5.41 Å². The highest BCUT2D eigenvalue weighted by Crippen LogP contribution is 2.51. The van der Waals surface area contributed by atoms with Gasteiger partial charge in [-0.25, -0.2) is 9.97 Å². The Morgan fingerprint density at radius 3 is 2.05 bits per heavy atom. The van der Waals surface area contributed by atoms with Crippen LogP contribution in [0, 0.1) is 0 Å². The van der Waals surface area contributed by atoms with Gasteiger partial charge >= 0.3 is 0 Å². The molecule has 0 aliphatic heterocycles. The quantitative estimate of drug-likeness (QED) is 0.167. The zero-order chi connectivity index (χ0) is 36.2. The summed E-state index contributed by atoms with van der Waals surface area (Å²) in [4.78, 5) is 11.3. The highest BCUT2D eigenvalue weighted by Gasteiger charge is 2.36. The van der Waals surface area contributed by atoms with E-state index in [0.717, 1.165) is 49.9 Å². The van der Waals surface area contributed by atoms with E-state index in [1.54, 1.807) is 0 Å². The summed E-state index contributed by atoms with van der Waals surface area (Å²) in [5, 5.41) is 12.6. The minimum absolute atomic E-state index is 0.146. The lowest BCUT2D eigenvalue weighted by Gasteiger charge is -2.22. The van der Waals surface area contributed by atoms with Gasteiger partial charge in [-0.05, 0) is 85.6 Å². The monoisotopic (exact) mass is 717 g/mol. The zero-order valence-corrected chi connectivity index (χ0v) is 31.0. The van der Waals surface area contributed by atoms with Crippen LogP contribution in [-0.4, -0.2) is 14.5 Å². The molecule has 0 saturated carbocycles. The Labute approximate surface area is 320 Å². The molecule has 0 spiro atoms. The van der Waals surface area contributed by atoms with Crippen LogP contribution >= 0.6 is 11.3 Å². The molecule has 0 atom stereocenters. The van der Waals surface area contributed by atoms with E-state index in [1.807, 2.05) is 11.3 Å². The topological polar surface area (TPSA) is 30.7 Å². The van der Waals surface area contributed by atoms with Crippen LogP contribution in [0.4, 0.5) is 0 Å². The summed E-state index contributed by atoms with van der Waals surface area (Å²) in [5.41, 5.74) is 11.2. The molecule has 4 heteroatoms. The fourth-order valence-corrected chi connectivity index (χ4v) is 11.2. The van der Waals surface area contributed by atoms with Crippen molar-refractivity contribution in [1.29, 1.82) is 0 Å². The van der Waals surface area contributed by atoms with Gasteiger partial charge in [0.2, 0.25) is 0 Å². The minimum atomic E-state index is -0.146. The van der Waals surface area contributed by atoms with E-state index in [0.29, 0.717) is 0 Å². The number of benzene rings is 8. The maximum Gasteiger partial charge on any atom is 0.165 e. The van der Waals surface area contributed by atoms with Crippen molar-refractivity contribution in [3.63, 3.8) is 0 Å². The van der Waals surface area contributed by atoms with Gasteiger partial charge in [0, 0.05) is 47.3 Å². The Balaban J connectivity index is 1.22. The summed E-state index contributed by atoms with van der Waals surface area (Å²) in [5.74, 6) is 0.847. The van der Waals surface area contributed by atoms with E-state index in [4.69, 9.17) is 9.97 Å². The fraction of sp³-hybridized carbons (Fsp3) is 0.0588. The zero-order valence-electron chi connectivity index (χ0n) is 30.2. The third kappa shape index (κ3) is 3.75. The van der Waals surface area contributed by atoms with Gasteiger partial charge in [-0.1, -0.05) is 129 Å². The summed E-state index contributed by atoms with van der Waals surface area (Å²) >= 11 is 1.89. The normalized spacial score (nSPS) is 13.8. The molecule has 3 heterocycles. The Bertz CT molecular complexity index is 3640. The number of aromatic nitrogens is 3. The molecule has 0 radical (unpaired) electrons. The maximum atomic E-state index is 5.68. The van der Waals surface area contributed by atoms with Gasteiger partial charge in [-0.2, -0.15) is 0 Å². The van der Waals surface area contributed by atoms with Crippen molar-refractivity contribution < 1.29 is 0 Å². The standard InChI is InChI=1S/C51H31N3S/c1-51(2)37-18-8-7-15-33(37)34-23-21-29(27-38(34)51)48-50(52-39-24-22-28-11-3-4-12-30(28)49(39)53-48)54-40-19-9-16-35-31-13-5-6-14-32(31)36-17-10-20-42-45(36)47-43(55-42)26-25-41(54)46(47)44(35)40/h3-27H,1-2H3. The first-order valence-electron chi connectivity index (χ1n) is 19.0. The Morgan fingerprint density at radius 2 is 1.18 bits per heavy atom. The average molecular weight is 718 g/mol. The molecule has 0 saturated heterocycles. The number of nitrogens with zero attached hydrogens (tertiary/aromatic N) is 3. The van der Waals surface area contributed by atoms with E-state index >= 15 is 0 Å². The molecular formula is C51H31N3S. The van der Waals surface area contributed by atoms with Crippen LogP contribution in [0.3, 0.4) is 0 Å². The SMILES string of the molecule is CC1(C)c2ccccc2-c2ccc(-c3nc4c(ccc5ccccc54)nc3-n3c4cccc5c6ccccc6c6cccc7sc8ccc3c(c8c76)c54)cc21. The molecule has 256 valence electrons. The van der Waals surface area contributed by atoms with Crippen molar-refractivity contribution in [1.82, 2.24) is 14.5 Å². The van der Waals surface area contributed by atoms with Crippen LogP contribution in [0.2, 0.25) is 0 Å². The minimum Gasteiger partial charge on any atom is -0.292 e. The first kappa shape index (κ1) is 29.8. The third-order valence-corrected chi connectivity index (χ3v) is 13.7. The van der Waals surface area contributed by atoms with Gasteiger partial charge in [-0.15, -0.1) is 11.3 Å². The number of thiophene rings is 1. The van der Waals surface area contributed by atoms with E-state index in [9.17, 15) is 0 Å². The molecule has 13 rings (SSSR count). The second-order valence-electron chi connectivity index (χ2n) is 15.7. The molecule has 9 aromatic carbocycles. The highest BCUT2D eigenvalue weighted by molar-refractivity contribution is 7.26. The third-order valence-electron chi connectivity index (χ3n) is 12.5. The molecule has 1 aliphatic carbocycles. The molecule has 0 bridgehead atoms. The predicted octanol–water partition coefficient (Wildman–Crippen LogP) is 14.0. The number of hydrogen-bond donors (Lipinski definition) is 0. The van der Waals surface area contributed by atoms with Gasteiger partial charge in [0.05, 0.1) is 22.1 Å². The van der Waals surface area contributed by atoms with Crippen molar-refractivity contribution in [3.05, 3.63) is 163 Å². The van der Waals surface area contributed by atoms with Gasteiger partial charge < -0.3 is 0 Å². The molecule has 0 unspecified atom stereocenters. The van der Waals surface area contributed by atoms with Gasteiger partial charge in [0.1, 0.15) is 5.69 Å². The molecule has 1 aliphatic rings. The Morgan fingerprint density at radius 1 is 0.491 bits per heavy atom. The van der Waals surface area contributed by atoms with E-state index in [2.05, 4.69) is 170 Å². The first-order chi connectivity index (χ1) is 27.0. The van der Waals surface area contributed by atoms with Crippen molar-refractivity contribution in [2.24, 2.45) is 0 Å². The second kappa shape index (κ2) is 10.3. The van der Waals surface area contributed by atoms with Crippen molar-refractivity contribution in [2.75, 3.05) is 0 Å². The fourth-order valence-electron chi connectivity index (χ4n) is 10.1. The van der Waals surface area contributed by atoms with Crippen LogP contribution in [0.1, 0.15) is 25.0 Å². The Hall–Kier alpha value is -6.62. The number of hydrogen-bond acceptors (Lipinski definition) is 3. The van der Waals surface area contributed by atoms with Crippen LogP contribution in [0.5, 0.6) is 0 Å². The first-order valence-corrected chi connectivity index (χ1v) is 19.8. The van der Waals surface area contributed by atoms with Gasteiger partial charge in [0.15, 0.2) is 5.82 Å². The van der Waals surface area contributed by atoms with Gasteiger partial charge in [0.25, 0.3) is 0 Å². The smallest absolute Gasteiger partial charge is 0.165 e. The van der Waals surface area contributed by atoms with E-state index < -0.39 is 0 Å². The van der Waals surface area contributed by atoms with Crippen molar-refractivity contribution in [2.45, 2.75) is 19.3 Å². The lowest BCUT2D eigenvalue weighted by molar-refractivity contribution is 0.660. The summed E-state index contributed by atoms with van der Waals surface area (Å²) in [7, 11) is 0. The summed E-state index contributed by atoms with van der Waals surface area (Å²) in [6, 6.07) is 55.9. The molecule has 3 nitrogen and oxygen atoms in total. The average Bonchev–Trinajstić information content (AvgIpc) is 3.85. The second-order valence-corrected chi connectivity index (χ2v) is 16.8. The Kier molecular flexibility index (Phi) is 5.59. The molecule has 55 heavy (non-hydrogen) atoms. The molecule has 12 aromatic rings. The summed E-state index contributed by atoms with van der Waals surface area (Å²) < 4.78 is 5.03. The van der Waals surface area contributed by atoms with E-state index in [1.165, 1.54) is 74.7 Å². The number of fused-ring (bicyclic) bond motifs is 9. The molecule has 0 amide bonds. The predicted molar refractivity (Wildman–Crippen MR) is 233 cm³/mol. The molecule has 0 fully saturated rings. The van der Waals surface area contributed by atoms with E-state index in [-0.39, 0.29) is 5.41 Å². The van der Waals surface area contributed by atoms with Crippen LogP contribution < -0.4 is 0 Å². The molecular weight excluding hydrogens is 687 g/mol. The lowest BCUT2D eigenvalue weighted by atomic mass is 9.82. The molecule has 3 aromatic heterocycles. The van der Waals surface area contributed by atoms with Crippen LogP contribution in [0.25, 0.3) is 114 Å².